The summed E-state index contributed by atoms with van der Waals surface area (Å²) in [6, 6.07) is 6.54. The molecule has 80 valence electrons. The smallest absolute Gasteiger partial charge is 0.344 e. The highest BCUT2D eigenvalue weighted by Gasteiger charge is 2.10. The predicted molar refractivity (Wildman–Crippen MR) is 57.3 cm³/mol. The van der Waals surface area contributed by atoms with Crippen LogP contribution in [0.15, 0.2) is 41.5 Å². The molecule has 1 heterocycles. The lowest BCUT2D eigenvalue weighted by molar-refractivity contribution is 0.0698. The van der Waals surface area contributed by atoms with Crippen molar-refractivity contribution in [1.29, 1.82) is 0 Å². The average Bonchev–Trinajstić information content (AvgIpc) is 2.30. The second-order valence-corrected chi connectivity index (χ2v) is 3.16. The van der Waals surface area contributed by atoms with E-state index >= 15 is 0 Å². The zero-order chi connectivity index (χ0) is 11.5. The first-order chi connectivity index (χ1) is 7.68. The molecule has 0 bridgehead atoms. The number of carbonyl (C=O) groups is 1. The fraction of sp³-hybridized carbons (Fsp3) is 0. The molecule has 2 rings (SSSR count). The third-order valence-electron chi connectivity index (χ3n) is 2.14. The number of rotatable bonds is 2. The molecular formula is C11H8N2O3. The maximum Gasteiger partial charge on any atom is 0.344 e. The molecule has 0 aliphatic rings. The van der Waals surface area contributed by atoms with Gasteiger partial charge in [-0.1, -0.05) is 18.2 Å². The molecule has 2 aromatic rings. The third-order valence-corrected chi connectivity index (χ3v) is 2.14. The van der Waals surface area contributed by atoms with Crippen LogP contribution in [0.2, 0.25) is 0 Å². The van der Waals surface area contributed by atoms with Gasteiger partial charge in [-0.3, -0.25) is 0 Å². The van der Waals surface area contributed by atoms with Crippen molar-refractivity contribution in [2.75, 3.05) is 0 Å². The van der Waals surface area contributed by atoms with E-state index in [2.05, 4.69) is 9.97 Å². The van der Waals surface area contributed by atoms with Crippen LogP contribution in [-0.4, -0.2) is 21.0 Å². The minimum Gasteiger partial charge on any atom is -0.478 e. The summed E-state index contributed by atoms with van der Waals surface area (Å²) in [5.41, 5.74) is 0.809. The summed E-state index contributed by atoms with van der Waals surface area (Å²) < 4.78 is 0. The van der Waals surface area contributed by atoms with E-state index in [0.29, 0.717) is 11.1 Å². The van der Waals surface area contributed by atoms with Gasteiger partial charge in [0.15, 0.2) is 0 Å². The number of aromatic amines is 1. The number of nitrogens with zero attached hydrogens (tertiary/aromatic N) is 1. The van der Waals surface area contributed by atoms with Gasteiger partial charge in [0.1, 0.15) is 0 Å². The van der Waals surface area contributed by atoms with Gasteiger partial charge in [-0.25, -0.2) is 14.6 Å². The van der Waals surface area contributed by atoms with Crippen molar-refractivity contribution in [1.82, 2.24) is 9.97 Å². The lowest BCUT2D eigenvalue weighted by atomic mass is 10.0. The van der Waals surface area contributed by atoms with E-state index in [9.17, 15) is 9.59 Å². The molecule has 0 radical (unpaired) electrons. The molecule has 0 fully saturated rings. The van der Waals surface area contributed by atoms with Crippen LogP contribution >= 0.6 is 0 Å². The number of benzene rings is 1. The quantitative estimate of drug-likeness (QED) is 0.788. The molecule has 2 N–H and O–H groups in total. The lowest BCUT2D eigenvalue weighted by Gasteiger charge is -2.04. The lowest BCUT2D eigenvalue weighted by Crippen LogP contribution is -2.08. The number of aromatic nitrogens is 2. The molecule has 0 amide bonds. The van der Waals surface area contributed by atoms with Crippen LogP contribution in [-0.2, 0) is 0 Å². The third kappa shape index (κ3) is 1.83. The van der Waals surface area contributed by atoms with Gasteiger partial charge in [-0.15, -0.1) is 0 Å². The Morgan fingerprint density at radius 2 is 2.06 bits per heavy atom. The van der Waals surface area contributed by atoms with Crippen molar-refractivity contribution in [2.24, 2.45) is 0 Å². The van der Waals surface area contributed by atoms with Gasteiger partial charge in [0.05, 0.1) is 5.56 Å². The number of nitrogens with one attached hydrogen (secondary N) is 1. The number of carboxylic acids is 1. The Labute approximate surface area is 90.4 Å². The first kappa shape index (κ1) is 10.1. The van der Waals surface area contributed by atoms with Gasteiger partial charge in [-0.2, -0.15) is 0 Å². The van der Waals surface area contributed by atoms with Crippen LogP contribution in [0.5, 0.6) is 0 Å². The van der Waals surface area contributed by atoms with E-state index in [1.165, 1.54) is 18.5 Å². The monoisotopic (exact) mass is 216 g/mol. The summed E-state index contributed by atoms with van der Waals surface area (Å²) in [7, 11) is 0. The molecule has 5 nitrogen and oxygen atoms in total. The molecule has 16 heavy (non-hydrogen) atoms. The second kappa shape index (κ2) is 3.98. The Morgan fingerprint density at radius 3 is 2.69 bits per heavy atom. The van der Waals surface area contributed by atoms with Gasteiger partial charge >= 0.3 is 11.7 Å². The summed E-state index contributed by atoms with van der Waals surface area (Å²) in [4.78, 5) is 27.7. The molecule has 1 aromatic heterocycles. The second-order valence-electron chi connectivity index (χ2n) is 3.16. The van der Waals surface area contributed by atoms with Crippen molar-refractivity contribution in [3.05, 3.63) is 52.7 Å². The van der Waals surface area contributed by atoms with E-state index in [1.807, 2.05) is 0 Å². The standard InChI is InChI=1S/C11H8N2O3/c14-10(15)9-4-2-1-3-8(9)7-5-12-11(16)13-6-7/h1-6H,(H,14,15)(H,12,13,16). The SMILES string of the molecule is O=C(O)c1ccccc1-c1cnc(=O)[nH]c1. The topological polar surface area (TPSA) is 83.0 Å². The summed E-state index contributed by atoms with van der Waals surface area (Å²) in [5.74, 6) is -1.01. The Kier molecular flexibility index (Phi) is 2.51. The van der Waals surface area contributed by atoms with E-state index in [4.69, 9.17) is 5.11 Å². The highest BCUT2D eigenvalue weighted by Crippen LogP contribution is 2.21. The van der Waals surface area contributed by atoms with Gasteiger partial charge in [0.2, 0.25) is 0 Å². The zero-order valence-electron chi connectivity index (χ0n) is 8.18. The van der Waals surface area contributed by atoms with Crippen LogP contribution in [0.25, 0.3) is 11.1 Å². The van der Waals surface area contributed by atoms with Crippen LogP contribution in [0.3, 0.4) is 0 Å². The first-order valence-corrected chi connectivity index (χ1v) is 4.56. The van der Waals surface area contributed by atoms with Gasteiger partial charge in [0, 0.05) is 18.0 Å². The van der Waals surface area contributed by atoms with Gasteiger partial charge in [-0.05, 0) is 11.6 Å². The Hall–Kier alpha value is -2.43. The maximum absolute atomic E-state index is 11.0. The molecule has 0 aliphatic heterocycles. The van der Waals surface area contributed by atoms with Crippen molar-refractivity contribution in [2.45, 2.75) is 0 Å². The molecule has 1 aromatic carbocycles. The predicted octanol–water partition coefficient (Wildman–Crippen LogP) is 1.14. The molecule has 0 saturated heterocycles. The summed E-state index contributed by atoms with van der Waals surface area (Å²) in [6.45, 7) is 0. The van der Waals surface area contributed by atoms with Gasteiger partial charge in [0.25, 0.3) is 0 Å². The Bertz CT molecular complexity index is 569. The fourth-order valence-electron chi connectivity index (χ4n) is 1.41. The highest BCUT2D eigenvalue weighted by molar-refractivity contribution is 5.95. The van der Waals surface area contributed by atoms with E-state index < -0.39 is 11.7 Å². The molecule has 0 spiro atoms. The minimum atomic E-state index is -1.01. The van der Waals surface area contributed by atoms with Crippen LogP contribution in [0.1, 0.15) is 10.4 Å². The molecule has 0 atom stereocenters. The van der Waals surface area contributed by atoms with Crippen LogP contribution in [0.4, 0.5) is 0 Å². The summed E-state index contributed by atoms with van der Waals surface area (Å²) in [5, 5.41) is 8.99. The molecule has 5 heteroatoms. The zero-order valence-corrected chi connectivity index (χ0v) is 8.18. The van der Waals surface area contributed by atoms with Crippen molar-refractivity contribution >= 4 is 5.97 Å². The van der Waals surface area contributed by atoms with Crippen molar-refractivity contribution in [3.63, 3.8) is 0 Å². The van der Waals surface area contributed by atoms with Crippen LogP contribution in [0, 0.1) is 0 Å². The largest absolute Gasteiger partial charge is 0.478 e. The number of hydrogen-bond acceptors (Lipinski definition) is 3. The summed E-state index contributed by atoms with van der Waals surface area (Å²) >= 11 is 0. The minimum absolute atomic E-state index is 0.177. The van der Waals surface area contributed by atoms with Crippen molar-refractivity contribution in [3.8, 4) is 11.1 Å². The maximum atomic E-state index is 11.0. The van der Waals surface area contributed by atoms with E-state index in [0.717, 1.165) is 0 Å². The van der Waals surface area contributed by atoms with E-state index in [-0.39, 0.29) is 5.56 Å². The molecule has 0 saturated carbocycles. The molecular weight excluding hydrogens is 208 g/mol. The number of carboxylic acid groups (broad SMARTS) is 1. The normalized spacial score (nSPS) is 10.0. The number of H-pyrrole nitrogens is 1. The molecule has 0 unspecified atom stereocenters. The van der Waals surface area contributed by atoms with Crippen LogP contribution < -0.4 is 5.69 Å². The summed E-state index contributed by atoms with van der Waals surface area (Å²) in [6.07, 6.45) is 2.79. The first-order valence-electron chi connectivity index (χ1n) is 4.56. The molecule has 0 aliphatic carbocycles. The fourth-order valence-corrected chi connectivity index (χ4v) is 1.41. The highest BCUT2D eigenvalue weighted by atomic mass is 16.4. The number of aromatic carboxylic acids is 1. The Balaban J connectivity index is 2.59. The Morgan fingerprint density at radius 1 is 1.31 bits per heavy atom. The number of hydrogen-bond donors (Lipinski definition) is 2. The van der Waals surface area contributed by atoms with Crippen molar-refractivity contribution < 1.29 is 9.90 Å². The van der Waals surface area contributed by atoms with Gasteiger partial charge < -0.3 is 10.1 Å². The van der Waals surface area contributed by atoms with E-state index in [1.54, 1.807) is 18.2 Å². The average molecular weight is 216 g/mol.